The summed E-state index contributed by atoms with van der Waals surface area (Å²) in [6.07, 6.45) is -0.282. The third-order valence-corrected chi connectivity index (χ3v) is 3.22. The molecular formula is C16H21N3O3. The van der Waals surface area contributed by atoms with E-state index in [1.807, 2.05) is 32.0 Å². The van der Waals surface area contributed by atoms with Gasteiger partial charge in [0.25, 0.3) is 0 Å². The van der Waals surface area contributed by atoms with Crippen molar-refractivity contribution in [3.63, 3.8) is 0 Å². The molecule has 1 aromatic carbocycles. The Morgan fingerprint density at radius 3 is 2.68 bits per heavy atom. The summed E-state index contributed by atoms with van der Waals surface area (Å²) in [6, 6.07) is 9.12. The third-order valence-electron chi connectivity index (χ3n) is 3.22. The molecule has 0 spiro atoms. The SMILES string of the molecule is CC(C)c1noc(CCNC(=O)CC(O)c2ccccc2)n1. The summed E-state index contributed by atoms with van der Waals surface area (Å²) in [7, 11) is 0. The summed E-state index contributed by atoms with van der Waals surface area (Å²) >= 11 is 0. The standard InChI is InChI=1S/C16H21N3O3/c1-11(2)16-18-15(22-19-16)8-9-17-14(21)10-13(20)12-6-4-3-5-7-12/h3-7,11,13,20H,8-10H2,1-2H3,(H,17,21). The van der Waals surface area contributed by atoms with E-state index >= 15 is 0 Å². The van der Waals surface area contributed by atoms with Crippen LogP contribution < -0.4 is 5.32 Å². The molecule has 1 heterocycles. The van der Waals surface area contributed by atoms with E-state index in [2.05, 4.69) is 15.5 Å². The predicted molar refractivity (Wildman–Crippen MR) is 81.1 cm³/mol. The highest BCUT2D eigenvalue weighted by molar-refractivity contribution is 5.76. The number of hydrogen-bond acceptors (Lipinski definition) is 5. The van der Waals surface area contributed by atoms with Gasteiger partial charge in [0, 0.05) is 18.9 Å². The molecule has 22 heavy (non-hydrogen) atoms. The molecule has 6 nitrogen and oxygen atoms in total. The van der Waals surface area contributed by atoms with E-state index in [0.29, 0.717) is 24.7 Å². The van der Waals surface area contributed by atoms with Crippen molar-refractivity contribution >= 4 is 5.91 Å². The number of carbonyl (C=O) groups is 1. The van der Waals surface area contributed by atoms with Crippen molar-refractivity contribution in [3.8, 4) is 0 Å². The van der Waals surface area contributed by atoms with Gasteiger partial charge in [-0.3, -0.25) is 4.79 Å². The first-order valence-corrected chi connectivity index (χ1v) is 7.38. The second kappa shape index (κ2) is 7.70. The van der Waals surface area contributed by atoms with Gasteiger partial charge >= 0.3 is 0 Å². The molecule has 0 aliphatic heterocycles. The fourth-order valence-corrected chi connectivity index (χ4v) is 1.95. The monoisotopic (exact) mass is 303 g/mol. The van der Waals surface area contributed by atoms with Crippen LogP contribution in [0.25, 0.3) is 0 Å². The average molecular weight is 303 g/mol. The molecule has 1 amide bonds. The van der Waals surface area contributed by atoms with Gasteiger partial charge in [0.05, 0.1) is 12.5 Å². The predicted octanol–water partition coefficient (Wildman–Crippen LogP) is 1.98. The Balaban J connectivity index is 1.73. The first-order valence-electron chi connectivity index (χ1n) is 7.38. The van der Waals surface area contributed by atoms with Gasteiger partial charge in [0.2, 0.25) is 11.8 Å². The minimum absolute atomic E-state index is 0.0328. The Labute approximate surface area is 129 Å². The van der Waals surface area contributed by atoms with E-state index in [1.54, 1.807) is 12.1 Å². The van der Waals surface area contributed by atoms with Gasteiger partial charge in [-0.2, -0.15) is 4.98 Å². The highest BCUT2D eigenvalue weighted by Crippen LogP contribution is 2.15. The molecule has 2 rings (SSSR count). The Hall–Kier alpha value is -2.21. The lowest BCUT2D eigenvalue weighted by molar-refractivity contribution is -0.123. The van der Waals surface area contributed by atoms with Crippen LogP contribution in [0, 0.1) is 0 Å². The van der Waals surface area contributed by atoms with Crippen LogP contribution >= 0.6 is 0 Å². The molecule has 1 atom stereocenters. The molecule has 0 fully saturated rings. The molecule has 0 radical (unpaired) electrons. The highest BCUT2D eigenvalue weighted by Gasteiger charge is 2.13. The van der Waals surface area contributed by atoms with Crippen molar-refractivity contribution in [1.29, 1.82) is 0 Å². The highest BCUT2D eigenvalue weighted by atomic mass is 16.5. The summed E-state index contributed by atoms with van der Waals surface area (Å²) in [5.41, 5.74) is 0.733. The number of benzene rings is 1. The number of nitrogens with one attached hydrogen (secondary N) is 1. The molecule has 0 saturated carbocycles. The Kier molecular flexibility index (Phi) is 5.66. The molecule has 1 unspecified atom stereocenters. The minimum Gasteiger partial charge on any atom is -0.388 e. The Morgan fingerprint density at radius 1 is 1.32 bits per heavy atom. The van der Waals surface area contributed by atoms with E-state index in [4.69, 9.17) is 4.52 Å². The van der Waals surface area contributed by atoms with Crippen LogP contribution in [0.15, 0.2) is 34.9 Å². The average Bonchev–Trinajstić information content (AvgIpc) is 2.97. The largest absolute Gasteiger partial charge is 0.388 e. The van der Waals surface area contributed by atoms with Crippen LogP contribution in [-0.2, 0) is 11.2 Å². The molecule has 0 aliphatic carbocycles. The summed E-state index contributed by atoms with van der Waals surface area (Å²) in [5.74, 6) is 1.18. The van der Waals surface area contributed by atoms with Crippen LogP contribution in [-0.4, -0.2) is 27.7 Å². The number of carbonyl (C=O) groups excluding carboxylic acids is 1. The molecule has 118 valence electrons. The third kappa shape index (κ3) is 4.66. The van der Waals surface area contributed by atoms with Crippen molar-refractivity contribution in [2.45, 2.75) is 38.7 Å². The van der Waals surface area contributed by atoms with E-state index < -0.39 is 6.10 Å². The molecular weight excluding hydrogens is 282 g/mol. The van der Waals surface area contributed by atoms with Gasteiger partial charge in [-0.05, 0) is 5.56 Å². The van der Waals surface area contributed by atoms with E-state index in [9.17, 15) is 9.90 Å². The van der Waals surface area contributed by atoms with E-state index in [0.717, 1.165) is 5.56 Å². The number of hydrogen-bond donors (Lipinski definition) is 2. The summed E-state index contributed by atoms with van der Waals surface area (Å²) in [4.78, 5) is 16.0. The zero-order valence-corrected chi connectivity index (χ0v) is 12.8. The van der Waals surface area contributed by atoms with Crippen LogP contribution in [0.1, 0.15) is 49.6 Å². The van der Waals surface area contributed by atoms with Gasteiger partial charge in [-0.1, -0.05) is 49.3 Å². The van der Waals surface area contributed by atoms with Crippen molar-refractivity contribution in [2.75, 3.05) is 6.54 Å². The van der Waals surface area contributed by atoms with Crippen molar-refractivity contribution in [1.82, 2.24) is 15.5 Å². The van der Waals surface area contributed by atoms with E-state index in [-0.39, 0.29) is 18.2 Å². The lowest BCUT2D eigenvalue weighted by Gasteiger charge is -2.10. The lowest BCUT2D eigenvalue weighted by Crippen LogP contribution is -2.27. The molecule has 0 aliphatic rings. The Morgan fingerprint density at radius 2 is 2.05 bits per heavy atom. The van der Waals surface area contributed by atoms with Crippen LogP contribution in [0.2, 0.25) is 0 Å². The first-order chi connectivity index (χ1) is 10.6. The summed E-state index contributed by atoms with van der Waals surface area (Å²) < 4.78 is 5.10. The number of amides is 1. The second-order valence-electron chi connectivity index (χ2n) is 5.43. The smallest absolute Gasteiger partial charge is 0.228 e. The zero-order chi connectivity index (χ0) is 15.9. The number of rotatable bonds is 7. The maximum absolute atomic E-state index is 11.8. The number of aliphatic hydroxyl groups excluding tert-OH is 1. The zero-order valence-electron chi connectivity index (χ0n) is 12.8. The molecule has 0 saturated heterocycles. The van der Waals surface area contributed by atoms with Crippen molar-refractivity contribution in [3.05, 3.63) is 47.6 Å². The van der Waals surface area contributed by atoms with E-state index in [1.165, 1.54) is 0 Å². The van der Waals surface area contributed by atoms with Crippen LogP contribution in [0.4, 0.5) is 0 Å². The summed E-state index contributed by atoms with van der Waals surface area (Å²) in [5, 5.41) is 16.6. The maximum Gasteiger partial charge on any atom is 0.228 e. The fourth-order valence-electron chi connectivity index (χ4n) is 1.95. The maximum atomic E-state index is 11.8. The van der Waals surface area contributed by atoms with Gasteiger partial charge in [-0.15, -0.1) is 0 Å². The normalized spacial score (nSPS) is 12.4. The van der Waals surface area contributed by atoms with Crippen molar-refractivity contribution in [2.24, 2.45) is 0 Å². The number of aliphatic hydroxyl groups is 1. The second-order valence-corrected chi connectivity index (χ2v) is 5.43. The number of nitrogens with zero attached hydrogens (tertiary/aromatic N) is 2. The van der Waals surface area contributed by atoms with Gasteiger partial charge in [0.1, 0.15) is 0 Å². The molecule has 6 heteroatoms. The molecule has 2 aromatic rings. The first kappa shape index (κ1) is 16.2. The Bertz CT molecular complexity index is 596. The van der Waals surface area contributed by atoms with Crippen molar-refractivity contribution < 1.29 is 14.4 Å². The molecule has 2 N–H and O–H groups in total. The topological polar surface area (TPSA) is 88.2 Å². The van der Waals surface area contributed by atoms with Crippen LogP contribution in [0.3, 0.4) is 0 Å². The van der Waals surface area contributed by atoms with Crippen LogP contribution in [0.5, 0.6) is 0 Å². The summed E-state index contributed by atoms with van der Waals surface area (Å²) in [6.45, 7) is 4.38. The van der Waals surface area contributed by atoms with Gasteiger partial charge in [-0.25, -0.2) is 0 Å². The quantitative estimate of drug-likeness (QED) is 0.816. The number of aromatic nitrogens is 2. The fraction of sp³-hybridized carbons (Fsp3) is 0.438. The van der Waals surface area contributed by atoms with Gasteiger partial charge in [0.15, 0.2) is 5.82 Å². The van der Waals surface area contributed by atoms with Gasteiger partial charge < -0.3 is 14.9 Å². The minimum atomic E-state index is -0.794. The lowest BCUT2D eigenvalue weighted by atomic mass is 10.1. The molecule has 1 aromatic heterocycles. The molecule has 0 bridgehead atoms.